The van der Waals surface area contributed by atoms with E-state index in [0.717, 1.165) is 14.2 Å². The van der Waals surface area contributed by atoms with E-state index in [2.05, 4.69) is 15.9 Å². The molecule has 1 aliphatic rings. The van der Waals surface area contributed by atoms with Crippen molar-refractivity contribution in [3.8, 4) is 0 Å². The van der Waals surface area contributed by atoms with Gasteiger partial charge in [0, 0.05) is 25.4 Å². The number of rotatable bonds is 3. The van der Waals surface area contributed by atoms with Crippen molar-refractivity contribution in [2.24, 2.45) is 0 Å². The number of amides is 1. The summed E-state index contributed by atoms with van der Waals surface area (Å²) in [6.45, 7) is 6.44. The first-order valence-corrected chi connectivity index (χ1v) is 9.70. The van der Waals surface area contributed by atoms with Gasteiger partial charge in [0.05, 0.1) is 17.0 Å². The standard InChI is InChI=1S/C17H21BrN2O4S/c1-17(2,3)24-16(22)20-4-5-23-10-12(20)13(21)6-11-7-15-19(8-11)9-14(18)25-15/h7-9,12H,4-6,10H2,1-3H3/t12-/m0/s1. The van der Waals surface area contributed by atoms with Gasteiger partial charge in [-0.15, -0.1) is 11.3 Å². The molecule has 0 saturated carbocycles. The van der Waals surface area contributed by atoms with Crippen molar-refractivity contribution < 1.29 is 19.1 Å². The lowest BCUT2D eigenvalue weighted by molar-refractivity contribution is -0.129. The topological polar surface area (TPSA) is 60.2 Å². The molecule has 1 aliphatic heterocycles. The molecule has 3 heterocycles. The van der Waals surface area contributed by atoms with E-state index >= 15 is 0 Å². The molecule has 6 nitrogen and oxygen atoms in total. The van der Waals surface area contributed by atoms with Crippen molar-refractivity contribution in [2.75, 3.05) is 19.8 Å². The molecule has 1 amide bonds. The maximum Gasteiger partial charge on any atom is 0.411 e. The van der Waals surface area contributed by atoms with Crippen LogP contribution in [0, 0.1) is 0 Å². The molecule has 8 heteroatoms. The summed E-state index contributed by atoms with van der Waals surface area (Å²) < 4.78 is 13.9. The van der Waals surface area contributed by atoms with Crippen LogP contribution in [0.1, 0.15) is 26.3 Å². The van der Waals surface area contributed by atoms with Crippen molar-refractivity contribution in [3.63, 3.8) is 0 Å². The zero-order chi connectivity index (χ0) is 18.2. The molecule has 1 fully saturated rings. The Labute approximate surface area is 158 Å². The number of carbonyl (C=O) groups excluding carboxylic acids is 2. The Morgan fingerprint density at radius 1 is 1.40 bits per heavy atom. The van der Waals surface area contributed by atoms with E-state index in [1.807, 2.05) is 43.6 Å². The number of fused-ring (bicyclic) bond motifs is 1. The lowest BCUT2D eigenvalue weighted by Gasteiger charge is -2.35. The fourth-order valence-electron chi connectivity index (χ4n) is 2.76. The minimum absolute atomic E-state index is 0.0390. The fourth-order valence-corrected chi connectivity index (χ4v) is 4.26. The van der Waals surface area contributed by atoms with Gasteiger partial charge in [-0.1, -0.05) is 0 Å². The Kier molecular flexibility index (Phi) is 5.22. The van der Waals surface area contributed by atoms with Gasteiger partial charge in [0.25, 0.3) is 0 Å². The molecule has 2 aromatic heterocycles. The van der Waals surface area contributed by atoms with Gasteiger partial charge in [-0.3, -0.25) is 9.69 Å². The first-order valence-electron chi connectivity index (χ1n) is 8.09. The fraction of sp³-hybridized carbons (Fsp3) is 0.529. The summed E-state index contributed by atoms with van der Waals surface area (Å²) in [6, 6.07) is 1.39. The summed E-state index contributed by atoms with van der Waals surface area (Å²) in [6.07, 6.45) is 3.70. The molecule has 1 saturated heterocycles. The summed E-state index contributed by atoms with van der Waals surface area (Å²) >= 11 is 5.05. The summed E-state index contributed by atoms with van der Waals surface area (Å²) in [5.74, 6) is -0.0390. The van der Waals surface area contributed by atoms with Crippen molar-refractivity contribution in [3.05, 3.63) is 27.8 Å². The average molecular weight is 429 g/mol. The molecular formula is C17H21BrN2O4S. The number of thiazole rings is 1. The van der Waals surface area contributed by atoms with Gasteiger partial charge in [0.1, 0.15) is 16.5 Å². The number of Topliss-reactive ketones (excluding diaryl/α,β-unsaturated/α-hetero) is 1. The van der Waals surface area contributed by atoms with Crippen LogP contribution in [-0.4, -0.2) is 52.6 Å². The third-order valence-corrected chi connectivity index (χ3v) is 5.35. The maximum absolute atomic E-state index is 12.8. The second-order valence-electron chi connectivity index (χ2n) is 7.04. The Morgan fingerprint density at radius 3 is 2.84 bits per heavy atom. The molecule has 0 aliphatic carbocycles. The van der Waals surface area contributed by atoms with Crippen molar-refractivity contribution in [2.45, 2.75) is 38.8 Å². The smallest absolute Gasteiger partial charge is 0.411 e. The zero-order valence-corrected chi connectivity index (χ0v) is 16.9. The highest BCUT2D eigenvalue weighted by atomic mass is 79.9. The monoisotopic (exact) mass is 428 g/mol. The quantitative estimate of drug-likeness (QED) is 0.750. The molecular weight excluding hydrogens is 408 g/mol. The van der Waals surface area contributed by atoms with Gasteiger partial charge >= 0.3 is 6.09 Å². The first-order chi connectivity index (χ1) is 11.7. The highest BCUT2D eigenvalue weighted by molar-refractivity contribution is 9.11. The van der Waals surface area contributed by atoms with Crippen LogP contribution in [0.5, 0.6) is 0 Å². The van der Waals surface area contributed by atoms with E-state index in [9.17, 15) is 9.59 Å². The van der Waals surface area contributed by atoms with Crippen molar-refractivity contribution >= 4 is 44.0 Å². The van der Waals surface area contributed by atoms with Crippen LogP contribution >= 0.6 is 27.3 Å². The van der Waals surface area contributed by atoms with E-state index < -0.39 is 17.7 Å². The number of ketones is 1. The van der Waals surface area contributed by atoms with E-state index in [-0.39, 0.29) is 18.8 Å². The molecule has 1 atom stereocenters. The van der Waals surface area contributed by atoms with E-state index in [0.29, 0.717) is 13.2 Å². The number of aromatic nitrogens is 1. The van der Waals surface area contributed by atoms with E-state index in [1.54, 1.807) is 11.3 Å². The third-order valence-electron chi connectivity index (χ3n) is 3.82. The molecule has 136 valence electrons. The minimum atomic E-state index is -0.603. The molecule has 0 unspecified atom stereocenters. The van der Waals surface area contributed by atoms with Crippen molar-refractivity contribution in [1.29, 1.82) is 0 Å². The Balaban J connectivity index is 1.71. The summed E-state index contributed by atoms with van der Waals surface area (Å²) in [4.78, 5) is 27.7. The molecule has 0 aromatic carbocycles. The highest BCUT2D eigenvalue weighted by Crippen LogP contribution is 2.26. The van der Waals surface area contributed by atoms with Gasteiger partial charge in [0.15, 0.2) is 5.78 Å². The SMILES string of the molecule is CC(C)(C)OC(=O)N1CCOC[C@H]1C(=O)Cc1cc2sc(Br)cn2c1. The van der Waals surface area contributed by atoms with Gasteiger partial charge in [-0.05, 0) is 48.3 Å². The molecule has 0 spiro atoms. The number of carbonyl (C=O) groups is 2. The largest absolute Gasteiger partial charge is 0.444 e. The van der Waals surface area contributed by atoms with Crippen LogP contribution in [0.15, 0.2) is 22.2 Å². The predicted octanol–water partition coefficient (Wildman–Crippen LogP) is 3.51. The summed E-state index contributed by atoms with van der Waals surface area (Å²) in [7, 11) is 0. The second-order valence-corrected chi connectivity index (χ2v) is 9.48. The second kappa shape index (κ2) is 7.09. The van der Waals surface area contributed by atoms with Crippen LogP contribution < -0.4 is 0 Å². The normalized spacial score (nSPS) is 18.6. The lowest BCUT2D eigenvalue weighted by atomic mass is 10.0. The average Bonchev–Trinajstić information content (AvgIpc) is 3.02. The van der Waals surface area contributed by atoms with Gasteiger partial charge in [-0.2, -0.15) is 0 Å². The van der Waals surface area contributed by atoms with E-state index in [1.165, 1.54) is 4.90 Å². The van der Waals surface area contributed by atoms with Gasteiger partial charge in [0.2, 0.25) is 0 Å². The van der Waals surface area contributed by atoms with Gasteiger partial charge in [-0.25, -0.2) is 4.79 Å². The predicted molar refractivity (Wildman–Crippen MR) is 99.2 cm³/mol. The summed E-state index contributed by atoms with van der Waals surface area (Å²) in [5.41, 5.74) is 0.335. The maximum atomic E-state index is 12.8. The minimum Gasteiger partial charge on any atom is -0.444 e. The van der Waals surface area contributed by atoms with Gasteiger partial charge < -0.3 is 13.9 Å². The number of ether oxygens (including phenoxy) is 2. The molecule has 25 heavy (non-hydrogen) atoms. The van der Waals surface area contributed by atoms with E-state index in [4.69, 9.17) is 9.47 Å². The highest BCUT2D eigenvalue weighted by Gasteiger charge is 2.35. The Bertz CT molecular complexity index is 761. The number of nitrogens with zero attached hydrogens (tertiary/aromatic N) is 2. The van der Waals surface area contributed by atoms with Crippen LogP contribution in [0.2, 0.25) is 0 Å². The Hall–Kier alpha value is -1.38. The zero-order valence-electron chi connectivity index (χ0n) is 14.5. The van der Waals surface area contributed by atoms with Crippen LogP contribution in [0.4, 0.5) is 4.79 Å². The number of morpholine rings is 1. The summed E-state index contributed by atoms with van der Waals surface area (Å²) in [5, 5.41) is 0. The Morgan fingerprint density at radius 2 is 2.16 bits per heavy atom. The van der Waals surface area contributed by atoms with Crippen LogP contribution in [0.3, 0.4) is 0 Å². The molecule has 0 N–H and O–H groups in total. The first kappa shape index (κ1) is 18.4. The molecule has 2 aromatic rings. The molecule has 0 bridgehead atoms. The number of halogens is 1. The van der Waals surface area contributed by atoms with Crippen LogP contribution in [0.25, 0.3) is 4.83 Å². The molecule has 3 rings (SSSR count). The third kappa shape index (κ3) is 4.43. The molecule has 0 radical (unpaired) electrons. The van der Waals surface area contributed by atoms with Crippen molar-refractivity contribution in [1.82, 2.24) is 9.30 Å². The number of hydrogen-bond donors (Lipinski definition) is 0. The number of hydrogen-bond acceptors (Lipinski definition) is 5. The van der Waals surface area contributed by atoms with Crippen LogP contribution in [-0.2, 0) is 20.7 Å². The lowest BCUT2D eigenvalue weighted by Crippen LogP contribution is -2.54.